The first kappa shape index (κ1) is 15.5. The number of rotatable bonds is 6. The third-order valence-corrected chi connectivity index (χ3v) is 5.07. The number of benzene rings is 1. The van der Waals surface area contributed by atoms with Crippen molar-refractivity contribution in [1.29, 1.82) is 5.26 Å². The summed E-state index contributed by atoms with van der Waals surface area (Å²) in [4.78, 5) is 1.53. The van der Waals surface area contributed by atoms with Crippen LogP contribution in [0.2, 0.25) is 0 Å². The molecule has 0 aliphatic rings. The van der Waals surface area contributed by atoms with Crippen LogP contribution in [0.4, 0.5) is 10.7 Å². The summed E-state index contributed by atoms with van der Waals surface area (Å²) in [6.07, 6.45) is 2.84. The zero-order valence-electron chi connectivity index (χ0n) is 12.0. The number of thiophene rings is 1. The molecule has 0 aliphatic heterocycles. The van der Waals surface area contributed by atoms with E-state index < -0.39 is 0 Å². The average molecular weight is 319 g/mol. The molecule has 1 heterocycles. The number of nitriles is 1. The molecule has 0 atom stereocenters. The molecule has 110 valence electrons. The van der Waals surface area contributed by atoms with Crippen LogP contribution in [0, 0.1) is 11.3 Å². The van der Waals surface area contributed by atoms with Crippen molar-refractivity contribution in [1.82, 2.24) is 0 Å². The number of nitrogens with one attached hydrogen (secondary N) is 1. The van der Waals surface area contributed by atoms with Gasteiger partial charge in [0.05, 0.1) is 17.7 Å². The molecule has 0 saturated carbocycles. The second kappa shape index (κ2) is 7.25. The van der Waals surface area contributed by atoms with Crippen LogP contribution < -0.4 is 15.8 Å². The summed E-state index contributed by atoms with van der Waals surface area (Å²) >= 11 is 2.97. The minimum atomic E-state index is 0.572. The lowest BCUT2D eigenvalue weighted by molar-refractivity contribution is 0.414. The Labute approximate surface area is 132 Å². The number of nitrogens with two attached hydrogens (primary N) is 1. The molecule has 0 radical (unpaired) electrons. The maximum absolute atomic E-state index is 9.04. The van der Waals surface area contributed by atoms with E-state index >= 15 is 0 Å². The maximum atomic E-state index is 9.04. The minimum Gasteiger partial charge on any atom is -0.497 e. The molecule has 0 saturated heterocycles. The molecule has 21 heavy (non-hydrogen) atoms. The van der Waals surface area contributed by atoms with Crippen molar-refractivity contribution >= 4 is 33.8 Å². The summed E-state index contributed by atoms with van der Waals surface area (Å²) in [6, 6.07) is 10.2. The lowest BCUT2D eigenvalue weighted by Crippen LogP contribution is -2.04. The molecule has 2 rings (SSSR count). The van der Waals surface area contributed by atoms with Crippen molar-refractivity contribution in [2.24, 2.45) is 0 Å². The van der Waals surface area contributed by atoms with Gasteiger partial charge in [0, 0.05) is 6.54 Å². The highest BCUT2D eigenvalue weighted by Gasteiger charge is 2.14. The normalized spacial score (nSPS) is 10.1. The SMILES string of the molecule is COc1cccc(CCNc2sc(C#N)c(N)c2SC)c1. The third-order valence-electron chi connectivity index (χ3n) is 3.04. The van der Waals surface area contributed by atoms with Gasteiger partial charge in [0.15, 0.2) is 0 Å². The van der Waals surface area contributed by atoms with Gasteiger partial charge in [0.25, 0.3) is 0 Å². The van der Waals surface area contributed by atoms with Crippen LogP contribution in [0.15, 0.2) is 29.2 Å². The van der Waals surface area contributed by atoms with Crippen LogP contribution in [0.3, 0.4) is 0 Å². The number of methoxy groups -OCH3 is 1. The average Bonchev–Trinajstić information content (AvgIpc) is 2.82. The van der Waals surface area contributed by atoms with Gasteiger partial charge in [-0.3, -0.25) is 0 Å². The maximum Gasteiger partial charge on any atom is 0.131 e. The van der Waals surface area contributed by atoms with Crippen molar-refractivity contribution < 1.29 is 4.74 Å². The molecular formula is C15H17N3OS2. The van der Waals surface area contributed by atoms with Crippen LogP contribution in [0.5, 0.6) is 5.75 Å². The molecule has 4 nitrogen and oxygen atoms in total. The highest BCUT2D eigenvalue weighted by molar-refractivity contribution is 7.99. The van der Waals surface area contributed by atoms with Crippen LogP contribution in [0.1, 0.15) is 10.4 Å². The smallest absolute Gasteiger partial charge is 0.131 e. The predicted octanol–water partition coefficient (Wildman–Crippen LogP) is 3.59. The van der Waals surface area contributed by atoms with E-state index in [0.29, 0.717) is 10.6 Å². The molecule has 1 aromatic heterocycles. The summed E-state index contributed by atoms with van der Waals surface area (Å²) < 4.78 is 5.22. The summed E-state index contributed by atoms with van der Waals surface area (Å²) in [5.41, 5.74) is 7.74. The Morgan fingerprint density at radius 3 is 2.95 bits per heavy atom. The molecule has 0 spiro atoms. The van der Waals surface area contributed by atoms with Gasteiger partial charge in [0.2, 0.25) is 0 Å². The number of anilines is 2. The number of ether oxygens (including phenoxy) is 1. The van der Waals surface area contributed by atoms with Gasteiger partial charge in [-0.1, -0.05) is 12.1 Å². The molecule has 0 aliphatic carbocycles. The summed E-state index contributed by atoms with van der Waals surface area (Å²) in [6.45, 7) is 0.783. The topological polar surface area (TPSA) is 71.1 Å². The van der Waals surface area contributed by atoms with Gasteiger partial charge in [-0.25, -0.2) is 0 Å². The van der Waals surface area contributed by atoms with E-state index in [0.717, 1.165) is 28.6 Å². The Kier molecular flexibility index (Phi) is 5.37. The Balaban J connectivity index is 2.02. The van der Waals surface area contributed by atoms with Crippen LogP contribution in [0.25, 0.3) is 0 Å². The highest BCUT2D eigenvalue weighted by atomic mass is 32.2. The molecule has 2 aromatic rings. The standard InChI is InChI=1S/C15H17N3OS2/c1-19-11-5-3-4-10(8-11)6-7-18-15-14(20-2)13(17)12(9-16)21-15/h3-5,8,18H,6-7,17H2,1-2H3. The Morgan fingerprint density at radius 2 is 2.29 bits per heavy atom. The number of hydrogen-bond donors (Lipinski definition) is 2. The zero-order chi connectivity index (χ0) is 15.2. The number of nitrogen functional groups attached to an aromatic ring is 1. The molecule has 0 bridgehead atoms. The summed E-state index contributed by atoms with van der Waals surface area (Å²) in [7, 11) is 1.67. The van der Waals surface area contributed by atoms with Crippen molar-refractivity contribution in [3.05, 3.63) is 34.7 Å². The third kappa shape index (κ3) is 3.63. The van der Waals surface area contributed by atoms with Crippen LogP contribution in [-0.2, 0) is 6.42 Å². The van der Waals surface area contributed by atoms with Crippen LogP contribution in [-0.4, -0.2) is 19.9 Å². The Bertz CT molecular complexity index is 661. The highest BCUT2D eigenvalue weighted by Crippen LogP contribution is 2.41. The van der Waals surface area contributed by atoms with Crippen molar-refractivity contribution in [2.45, 2.75) is 11.3 Å². The summed E-state index contributed by atoms with van der Waals surface area (Å²) in [5.74, 6) is 0.865. The molecule has 6 heteroatoms. The fourth-order valence-electron chi connectivity index (χ4n) is 1.98. The molecule has 3 N–H and O–H groups in total. The largest absolute Gasteiger partial charge is 0.497 e. The van der Waals surface area contributed by atoms with Gasteiger partial charge in [0.1, 0.15) is 21.7 Å². The van der Waals surface area contributed by atoms with Crippen molar-refractivity contribution in [2.75, 3.05) is 31.0 Å². The predicted molar refractivity (Wildman–Crippen MR) is 90.4 cm³/mol. The lowest BCUT2D eigenvalue weighted by Gasteiger charge is -2.07. The van der Waals surface area contributed by atoms with E-state index in [-0.39, 0.29) is 0 Å². The van der Waals surface area contributed by atoms with Crippen molar-refractivity contribution in [3.63, 3.8) is 0 Å². The monoisotopic (exact) mass is 319 g/mol. The second-order valence-electron chi connectivity index (χ2n) is 4.35. The van der Waals surface area contributed by atoms with E-state index in [1.54, 1.807) is 18.9 Å². The quantitative estimate of drug-likeness (QED) is 0.796. The molecule has 0 unspecified atom stereocenters. The van der Waals surface area contributed by atoms with Gasteiger partial charge in [-0.05, 0) is 30.4 Å². The van der Waals surface area contributed by atoms with Crippen LogP contribution >= 0.6 is 23.1 Å². The lowest BCUT2D eigenvalue weighted by atomic mass is 10.1. The first-order chi connectivity index (χ1) is 10.2. The zero-order valence-corrected chi connectivity index (χ0v) is 13.6. The van der Waals surface area contributed by atoms with E-state index in [9.17, 15) is 0 Å². The summed E-state index contributed by atoms with van der Waals surface area (Å²) in [5, 5.41) is 13.4. The Hall–Kier alpha value is -1.84. The number of hydrogen-bond acceptors (Lipinski definition) is 6. The first-order valence-electron chi connectivity index (χ1n) is 6.42. The van der Waals surface area contributed by atoms with Gasteiger partial charge in [-0.2, -0.15) is 5.26 Å². The fourth-order valence-corrected chi connectivity index (χ4v) is 3.84. The number of thioether (sulfide) groups is 1. The van der Waals surface area contributed by atoms with E-state index in [1.807, 2.05) is 24.5 Å². The number of nitrogens with zero attached hydrogens (tertiary/aromatic N) is 1. The van der Waals surface area contributed by atoms with E-state index in [4.69, 9.17) is 15.7 Å². The molecule has 0 fully saturated rings. The van der Waals surface area contributed by atoms with Crippen molar-refractivity contribution in [3.8, 4) is 11.8 Å². The van der Waals surface area contributed by atoms with Gasteiger partial charge >= 0.3 is 0 Å². The molecule has 1 aromatic carbocycles. The first-order valence-corrected chi connectivity index (χ1v) is 8.46. The second-order valence-corrected chi connectivity index (χ2v) is 6.18. The van der Waals surface area contributed by atoms with E-state index in [1.165, 1.54) is 16.9 Å². The van der Waals surface area contributed by atoms with Gasteiger partial charge in [-0.15, -0.1) is 23.1 Å². The Morgan fingerprint density at radius 1 is 1.48 bits per heavy atom. The van der Waals surface area contributed by atoms with E-state index in [2.05, 4.69) is 17.5 Å². The minimum absolute atomic E-state index is 0.572. The molecule has 0 amide bonds. The van der Waals surface area contributed by atoms with Gasteiger partial charge < -0.3 is 15.8 Å². The molecular weight excluding hydrogens is 302 g/mol. The fraction of sp³-hybridized carbons (Fsp3) is 0.267.